The van der Waals surface area contributed by atoms with Gasteiger partial charge in [-0.3, -0.25) is 4.79 Å². The second-order valence-corrected chi connectivity index (χ2v) is 9.22. The maximum absolute atomic E-state index is 13.0. The van der Waals surface area contributed by atoms with Crippen LogP contribution in [-0.4, -0.2) is 22.1 Å². The third-order valence-corrected chi connectivity index (χ3v) is 5.98. The van der Waals surface area contributed by atoms with Crippen molar-refractivity contribution >= 4 is 34.3 Å². The van der Waals surface area contributed by atoms with Gasteiger partial charge in [0, 0.05) is 4.88 Å². The fourth-order valence-electron chi connectivity index (χ4n) is 3.44. The molecule has 0 atom stereocenters. The number of benzene rings is 1. The number of hydrogen-bond acceptors (Lipinski definition) is 4. The Balaban J connectivity index is 2.18. The van der Waals surface area contributed by atoms with E-state index in [0.717, 1.165) is 32.3 Å². The number of ether oxygens (including phenoxy) is 1. The number of carbonyl (C=O) groups is 1. The Morgan fingerprint density at radius 2 is 1.81 bits per heavy atom. The van der Waals surface area contributed by atoms with Crippen molar-refractivity contribution in [3.8, 4) is 10.4 Å². The van der Waals surface area contributed by atoms with Crippen LogP contribution in [0.5, 0.6) is 0 Å². The summed E-state index contributed by atoms with van der Waals surface area (Å²) in [7, 11) is 0. The lowest BCUT2D eigenvalue weighted by atomic mass is 9.81. The first-order valence-corrected chi connectivity index (χ1v) is 9.84. The molecule has 1 aliphatic heterocycles. The Bertz CT molecular complexity index is 906. The molecule has 3 nitrogen and oxygen atoms in total. The topological polar surface area (TPSA) is 46.5 Å². The number of aliphatic hydroxyl groups excluding tert-OH is 1. The summed E-state index contributed by atoms with van der Waals surface area (Å²) in [6.45, 7) is 9.10. The van der Waals surface area contributed by atoms with Gasteiger partial charge in [0.1, 0.15) is 17.0 Å². The summed E-state index contributed by atoms with van der Waals surface area (Å²) in [5.41, 5.74) is 1.29. The van der Waals surface area contributed by atoms with Gasteiger partial charge in [0.2, 0.25) is 0 Å². The van der Waals surface area contributed by atoms with E-state index in [2.05, 4.69) is 6.07 Å². The highest BCUT2D eigenvalue weighted by atomic mass is 35.5. The highest BCUT2D eigenvalue weighted by molar-refractivity contribution is 7.19. The molecule has 2 heterocycles. The second kappa shape index (κ2) is 6.52. The van der Waals surface area contributed by atoms with Gasteiger partial charge >= 0.3 is 0 Å². The SMILES string of the molecule is CCc1cc(-c2ccc(Cl)s2)ccc1C1=C(O)C(C)(C)OC(C)(C)C1=O. The van der Waals surface area contributed by atoms with Crippen LogP contribution in [-0.2, 0) is 16.0 Å². The molecule has 138 valence electrons. The first-order valence-electron chi connectivity index (χ1n) is 8.64. The Morgan fingerprint density at radius 3 is 2.38 bits per heavy atom. The predicted octanol–water partition coefficient (Wildman–Crippen LogP) is 6.06. The van der Waals surface area contributed by atoms with Gasteiger partial charge in [-0.25, -0.2) is 0 Å². The summed E-state index contributed by atoms with van der Waals surface area (Å²) in [5, 5.41) is 10.8. The molecule has 1 aromatic heterocycles. The molecule has 0 aliphatic carbocycles. The third-order valence-electron chi connectivity index (χ3n) is 4.70. The van der Waals surface area contributed by atoms with Crippen molar-refractivity contribution in [3.05, 3.63) is 51.6 Å². The zero-order chi connectivity index (χ0) is 19.3. The molecule has 2 aromatic rings. The zero-order valence-electron chi connectivity index (χ0n) is 15.6. The van der Waals surface area contributed by atoms with Crippen LogP contribution in [0.15, 0.2) is 36.1 Å². The predicted molar refractivity (Wildman–Crippen MR) is 108 cm³/mol. The van der Waals surface area contributed by atoms with Crippen LogP contribution >= 0.6 is 22.9 Å². The van der Waals surface area contributed by atoms with Crippen molar-refractivity contribution in [3.63, 3.8) is 0 Å². The van der Waals surface area contributed by atoms with Gasteiger partial charge in [-0.1, -0.05) is 30.7 Å². The number of halogens is 1. The Labute approximate surface area is 163 Å². The van der Waals surface area contributed by atoms with E-state index < -0.39 is 11.2 Å². The summed E-state index contributed by atoms with van der Waals surface area (Å²) in [6.07, 6.45) is 0.744. The molecule has 0 unspecified atom stereocenters. The lowest BCUT2D eigenvalue weighted by molar-refractivity contribution is -0.158. The van der Waals surface area contributed by atoms with Crippen LogP contribution in [0.2, 0.25) is 4.34 Å². The number of Topliss-reactive ketones (excluding diaryl/α,β-unsaturated/α-hetero) is 1. The molecule has 0 spiro atoms. The number of thiophene rings is 1. The molecule has 0 saturated heterocycles. The molecule has 0 bridgehead atoms. The molecule has 3 rings (SSSR count). The van der Waals surface area contributed by atoms with Gasteiger partial charge < -0.3 is 9.84 Å². The third kappa shape index (κ3) is 3.22. The standard InChI is InChI=1S/C21H23ClO3S/c1-6-12-11-13(15-9-10-16(22)26-15)7-8-14(12)17-18(23)20(2,3)25-21(4,5)19(17)24/h7-11,23H,6H2,1-5H3. The van der Waals surface area contributed by atoms with E-state index in [1.54, 1.807) is 27.7 Å². The minimum Gasteiger partial charge on any atom is -0.508 e. The minimum absolute atomic E-state index is 0.0107. The summed E-state index contributed by atoms with van der Waals surface area (Å²) in [6, 6.07) is 9.83. The molecule has 26 heavy (non-hydrogen) atoms. The number of aryl methyl sites for hydroxylation is 1. The normalized spacial score (nSPS) is 19.1. The molecule has 1 aliphatic rings. The highest BCUT2D eigenvalue weighted by Crippen LogP contribution is 2.42. The van der Waals surface area contributed by atoms with E-state index >= 15 is 0 Å². The fraction of sp³-hybridized carbons (Fsp3) is 0.381. The van der Waals surface area contributed by atoms with Gasteiger partial charge in [0.25, 0.3) is 0 Å². The zero-order valence-corrected chi connectivity index (χ0v) is 17.2. The van der Waals surface area contributed by atoms with E-state index in [-0.39, 0.29) is 11.5 Å². The van der Waals surface area contributed by atoms with E-state index in [1.165, 1.54) is 11.3 Å². The summed E-state index contributed by atoms with van der Waals surface area (Å²) < 4.78 is 6.58. The van der Waals surface area contributed by atoms with Crippen molar-refractivity contribution in [2.45, 2.75) is 52.2 Å². The van der Waals surface area contributed by atoms with Crippen molar-refractivity contribution in [1.29, 1.82) is 0 Å². The Kier molecular flexibility index (Phi) is 4.80. The smallest absolute Gasteiger partial charge is 0.198 e. The summed E-state index contributed by atoms with van der Waals surface area (Å²) >= 11 is 7.58. The molecular weight excluding hydrogens is 368 g/mol. The maximum Gasteiger partial charge on any atom is 0.198 e. The van der Waals surface area contributed by atoms with Gasteiger partial charge in [0.15, 0.2) is 5.78 Å². The van der Waals surface area contributed by atoms with Gasteiger partial charge in [0.05, 0.1) is 9.91 Å². The van der Waals surface area contributed by atoms with Crippen molar-refractivity contribution in [2.24, 2.45) is 0 Å². The van der Waals surface area contributed by atoms with Crippen molar-refractivity contribution in [1.82, 2.24) is 0 Å². The Hall–Kier alpha value is -1.62. The van der Waals surface area contributed by atoms with Crippen LogP contribution in [0.25, 0.3) is 16.0 Å². The Morgan fingerprint density at radius 1 is 1.12 bits per heavy atom. The lowest BCUT2D eigenvalue weighted by Crippen LogP contribution is -2.49. The molecule has 5 heteroatoms. The van der Waals surface area contributed by atoms with E-state index in [1.807, 2.05) is 31.2 Å². The summed E-state index contributed by atoms with van der Waals surface area (Å²) in [5.74, 6) is -0.209. The van der Waals surface area contributed by atoms with Crippen LogP contribution < -0.4 is 0 Å². The molecule has 0 saturated carbocycles. The summed E-state index contributed by atoms with van der Waals surface area (Å²) in [4.78, 5) is 14.1. The maximum atomic E-state index is 13.0. The van der Waals surface area contributed by atoms with Crippen molar-refractivity contribution < 1.29 is 14.6 Å². The first kappa shape index (κ1) is 19.2. The van der Waals surface area contributed by atoms with Crippen LogP contribution in [0.1, 0.15) is 45.7 Å². The minimum atomic E-state index is -0.990. The quantitative estimate of drug-likeness (QED) is 0.693. The van der Waals surface area contributed by atoms with Gasteiger partial charge in [-0.2, -0.15) is 0 Å². The average molecular weight is 391 g/mol. The number of aliphatic hydroxyl groups is 1. The lowest BCUT2D eigenvalue weighted by Gasteiger charge is -2.40. The number of ketones is 1. The average Bonchev–Trinajstić information content (AvgIpc) is 2.99. The number of carbonyl (C=O) groups excluding carboxylic acids is 1. The van der Waals surface area contributed by atoms with Gasteiger partial charge in [-0.15, -0.1) is 11.3 Å². The van der Waals surface area contributed by atoms with Crippen LogP contribution in [0.3, 0.4) is 0 Å². The fourth-order valence-corrected chi connectivity index (χ4v) is 4.48. The first-order chi connectivity index (χ1) is 12.1. The molecule has 0 fully saturated rings. The second-order valence-electron chi connectivity index (χ2n) is 7.50. The highest BCUT2D eigenvalue weighted by Gasteiger charge is 2.47. The van der Waals surface area contributed by atoms with Crippen LogP contribution in [0.4, 0.5) is 0 Å². The van der Waals surface area contributed by atoms with Crippen molar-refractivity contribution in [2.75, 3.05) is 0 Å². The molecular formula is C21H23ClO3S. The molecule has 0 radical (unpaired) electrons. The molecule has 1 N–H and O–H groups in total. The number of rotatable bonds is 3. The van der Waals surface area contributed by atoms with E-state index in [0.29, 0.717) is 5.57 Å². The molecule has 0 amide bonds. The van der Waals surface area contributed by atoms with E-state index in [4.69, 9.17) is 16.3 Å². The molecule has 1 aromatic carbocycles. The van der Waals surface area contributed by atoms with Crippen LogP contribution in [0, 0.1) is 0 Å². The largest absolute Gasteiger partial charge is 0.508 e. The van der Waals surface area contributed by atoms with Gasteiger partial charge in [-0.05, 0) is 69.0 Å². The monoisotopic (exact) mass is 390 g/mol. The van der Waals surface area contributed by atoms with E-state index in [9.17, 15) is 9.90 Å². The number of hydrogen-bond donors (Lipinski definition) is 1.